The second kappa shape index (κ2) is 5.77. The van der Waals surface area contributed by atoms with Gasteiger partial charge in [0.15, 0.2) is 6.20 Å². The van der Waals surface area contributed by atoms with Crippen LogP contribution < -0.4 is 10.0 Å². The summed E-state index contributed by atoms with van der Waals surface area (Å²) in [7, 11) is 0. The van der Waals surface area contributed by atoms with E-state index in [9.17, 15) is 10.0 Å². The normalized spacial score (nSPS) is 13.7. The fraction of sp³-hybridized carbons (Fsp3) is 0.176. The van der Waals surface area contributed by atoms with Crippen LogP contribution in [-0.4, -0.2) is 16.0 Å². The zero-order chi connectivity index (χ0) is 16.5. The number of carbonyl (C=O) groups is 1. The Hall–Kier alpha value is -3.22. The topological polar surface area (TPSA) is 95.0 Å². The molecular formula is C17H14N4O3. The molecule has 1 saturated carbocycles. The molecule has 3 aromatic rings. The van der Waals surface area contributed by atoms with Crippen LogP contribution in [-0.2, 0) is 4.79 Å². The lowest BCUT2D eigenvalue weighted by molar-refractivity contribution is -0.594. The van der Waals surface area contributed by atoms with Crippen molar-refractivity contribution in [3.8, 4) is 23.0 Å². The summed E-state index contributed by atoms with van der Waals surface area (Å²) in [5.74, 6) is 0.679. The lowest BCUT2D eigenvalue weighted by atomic mass is 10.2. The minimum atomic E-state index is 0.0395. The Morgan fingerprint density at radius 3 is 2.92 bits per heavy atom. The largest absolute Gasteiger partial charge is 0.618 e. The van der Waals surface area contributed by atoms with E-state index in [4.69, 9.17) is 4.52 Å². The molecule has 0 radical (unpaired) electrons. The van der Waals surface area contributed by atoms with Crippen LogP contribution >= 0.6 is 0 Å². The summed E-state index contributed by atoms with van der Waals surface area (Å²) in [6.07, 6.45) is 3.27. The van der Waals surface area contributed by atoms with E-state index in [1.54, 1.807) is 24.3 Å². The van der Waals surface area contributed by atoms with E-state index in [0.717, 1.165) is 12.8 Å². The van der Waals surface area contributed by atoms with Gasteiger partial charge in [0.1, 0.15) is 0 Å². The van der Waals surface area contributed by atoms with Crippen molar-refractivity contribution >= 4 is 11.6 Å². The monoisotopic (exact) mass is 322 g/mol. The zero-order valence-electron chi connectivity index (χ0n) is 12.7. The third-order valence-corrected chi connectivity index (χ3v) is 3.81. The molecule has 0 unspecified atom stereocenters. The van der Waals surface area contributed by atoms with Gasteiger partial charge in [-0.1, -0.05) is 17.3 Å². The Balaban J connectivity index is 1.60. The molecule has 1 amide bonds. The molecule has 4 rings (SSSR count). The minimum absolute atomic E-state index is 0.0395. The molecule has 0 saturated heterocycles. The first kappa shape index (κ1) is 14.4. The highest BCUT2D eigenvalue weighted by Crippen LogP contribution is 2.30. The number of rotatable bonds is 4. The fourth-order valence-electron chi connectivity index (χ4n) is 2.36. The summed E-state index contributed by atoms with van der Waals surface area (Å²) < 4.78 is 5.86. The van der Waals surface area contributed by atoms with E-state index in [0.29, 0.717) is 21.8 Å². The van der Waals surface area contributed by atoms with Crippen LogP contribution in [0, 0.1) is 11.1 Å². The summed E-state index contributed by atoms with van der Waals surface area (Å²) in [6, 6.07) is 12.2. The van der Waals surface area contributed by atoms with Crippen LogP contribution in [0.2, 0.25) is 0 Å². The summed E-state index contributed by atoms with van der Waals surface area (Å²) in [6.45, 7) is 0. The summed E-state index contributed by atoms with van der Waals surface area (Å²) in [5, 5.41) is 18.6. The van der Waals surface area contributed by atoms with Crippen LogP contribution in [0.5, 0.6) is 0 Å². The molecule has 0 bridgehead atoms. The molecule has 0 aliphatic heterocycles. The van der Waals surface area contributed by atoms with Crippen molar-refractivity contribution in [1.29, 1.82) is 0 Å². The van der Waals surface area contributed by atoms with Gasteiger partial charge < -0.3 is 15.0 Å². The predicted octanol–water partition coefficient (Wildman–Crippen LogP) is 2.39. The van der Waals surface area contributed by atoms with Crippen LogP contribution in [0.1, 0.15) is 12.8 Å². The number of benzene rings is 1. The molecule has 1 aromatic carbocycles. The van der Waals surface area contributed by atoms with Crippen molar-refractivity contribution in [1.82, 2.24) is 10.1 Å². The Labute approximate surface area is 137 Å². The number of carbonyl (C=O) groups excluding carboxylic acids is 1. The quantitative estimate of drug-likeness (QED) is 0.588. The molecule has 0 spiro atoms. The molecule has 0 atom stereocenters. The fourth-order valence-corrected chi connectivity index (χ4v) is 2.36. The standard InChI is InChI=1S/C17H14N4O3/c22-16(11-7-8-11)18-13-5-3-4-12(10-13)15-19-17(24-20-15)14-6-1-2-9-21(14)23/h1-6,9-11H,7-8H2,(H,18,22). The highest BCUT2D eigenvalue weighted by Gasteiger charge is 2.29. The molecule has 7 heteroatoms. The third-order valence-electron chi connectivity index (χ3n) is 3.81. The molecular weight excluding hydrogens is 308 g/mol. The first-order valence-corrected chi connectivity index (χ1v) is 7.64. The Morgan fingerprint density at radius 1 is 1.25 bits per heavy atom. The number of aromatic nitrogens is 3. The number of nitrogens with one attached hydrogen (secondary N) is 1. The molecule has 7 nitrogen and oxygen atoms in total. The minimum Gasteiger partial charge on any atom is -0.618 e. The maximum absolute atomic E-state index is 11.9. The summed E-state index contributed by atoms with van der Waals surface area (Å²) in [4.78, 5) is 16.1. The van der Waals surface area contributed by atoms with Gasteiger partial charge in [-0.25, -0.2) is 0 Å². The van der Waals surface area contributed by atoms with E-state index >= 15 is 0 Å². The van der Waals surface area contributed by atoms with E-state index in [2.05, 4.69) is 15.5 Å². The van der Waals surface area contributed by atoms with Crippen LogP contribution in [0.25, 0.3) is 23.0 Å². The number of hydrogen-bond donors (Lipinski definition) is 1. The highest BCUT2D eigenvalue weighted by molar-refractivity contribution is 5.94. The molecule has 120 valence electrons. The molecule has 1 aliphatic rings. The molecule has 2 aromatic heterocycles. The molecule has 1 aliphatic carbocycles. The Kier molecular flexibility index (Phi) is 3.45. The second-order valence-corrected chi connectivity index (χ2v) is 5.68. The van der Waals surface area contributed by atoms with E-state index in [1.165, 1.54) is 6.20 Å². The van der Waals surface area contributed by atoms with Crippen molar-refractivity contribution < 1.29 is 14.0 Å². The predicted molar refractivity (Wildman–Crippen MR) is 85.5 cm³/mol. The van der Waals surface area contributed by atoms with Crippen molar-refractivity contribution in [2.45, 2.75) is 12.8 Å². The van der Waals surface area contributed by atoms with E-state index in [-0.39, 0.29) is 23.4 Å². The number of nitrogens with zero attached hydrogens (tertiary/aromatic N) is 3. The van der Waals surface area contributed by atoms with E-state index < -0.39 is 0 Å². The first-order valence-electron chi connectivity index (χ1n) is 7.64. The van der Waals surface area contributed by atoms with Gasteiger partial charge in [-0.3, -0.25) is 4.79 Å². The number of amides is 1. The van der Waals surface area contributed by atoms with Gasteiger partial charge in [0.05, 0.1) is 0 Å². The highest BCUT2D eigenvalue weighted by atomic mass is 16.5. The number of hydrogen-bond acceptors (Lipinski definition) is 5. The van der Waals surface area contributed by atoms with Gasteiger partial charge in [0.25, 0.3) is 5.69 Å². The molecule has 24 heavy (non-hydrogen) atoms. The average molecular weight is 322 g/mol. The van der Waals surface area contributed by atoms with Gasteiger partial charge in [-0.15, -0.1) is 0 Å². The van der Waals surface area contributed by atoms with Gasteiger partial charge in [-0.05, 0) is 31.0 Å². The first-order chi connectivity index (χ1) is 11.7. The SMILES string of the molecule is O=C(Nc1cccc(-c2noc(-c3cccc[n+]3[O-])n2)c1)C1CC1. The Bertz CT molecular complexity index is 902. The summed E-state index contributed by atoms with van der Waals surface area (Å²) in [5.41, 5.74) is 1.68. The van der Waals surface area contributed by atoms with Crippen molar-refractivity contribution in [2.24, 2.45) is 5.92 Å². The average Bonchev–Trinajstić information content (AvgIpc) is 3.33. The van der Waals surface area contributed by atoms with Gasteiger partial charge in [0.2, 0.25) is 11.7 Å². The summed E-state index contributed by atoms with van der Waals surface area (Å²) >= 11 is 0. The smallest absolute Gasteiger partial charge is 0.324 e. The van der Waals surface area contributed by atoms with Crippen LogP contribution in [0.15, 0.2) is 53.2 Å². The van der Waals surface area contributed by atoms with Crippen molar-refractivity contribution in [3.63, 3.8) is 0 Å². The molecule has 2 heterocycles. The van der Waals surface area contributed by atoms with Gasteiger partial charge >= 0.3 is 5.89 Å². The zero-order valence-corrected chi connectivity index (χ0v) is 12.7. The van der Waals surface area contributed by atoms with Crippen LogP contribution in [0.4, 0.5) is 5.69 Å². The number of anilines is 1. The van der Waals surface area contributed by atoms with Crippen molar-refractivity contribution in [3.05, 3.63) is 53.9 Å². The molecule has 1 N–H and O–H groups in total. The number of pyridine rings is 1. The van der Waals surface area contributed by atoms with E-state index in [1.807, 2.05) is 18.2 Å². The lowest BCUT2D eigenvalue weighted by Crippen LogP contribution is -2.27. The molecule has 1 fully saturated rings. The second-order valence-electron chi connectivity index (χ2n) is 5.68. The maximum atomic E-state index is 11.9. The lowest BCUT2D eigenvalue weighted by Gasteiger charge is -2.04. The van der Waals surface area contributed by atoms with Gasteiger partial charge in [-0.2, -0.15) is 9.71 Å². The van der Waals surface area contributed by atoms with Crippen molar-refractivity contribution in [2.75, 3.05) is 5.32 Å². The maximum Gasteiger partial charge on any atom is 0.324 e. The van der Waals surface area contributed by atoms with Gasteiger partial charge in [0, 0.05) is 29.3 Å². The third kappa shape index (κ3) is 2.83. The van der Waals surface area contributed by atoms with Crippen LogP contribution in [0.3, 0.4) is 0 Å². The Morgan fingerprint density at radius 2 is 2.12 bits per heavy atom.